The molecule has 1 aliphatic rings. The predicted molar refractivity (Wildman–Crippen MR) is 140 cm³/mol. The van der Waals surface area contributed by atoms with Crippen molar-refractivity contribution in [2.24, 2.45) is 0 Å². The lowest BCUT2D eigenvalue weighted by atomic mass is 10.0. The molecule has 1 aliphatic heterocycles. The highest BCUT2D eigenvalue weighted by Crippen LogP contribution is 2.23. The number of amides is 1. The van der Waals surface area contributed by atoms with Crippen LogP contribution in [0, 0.1) is 5.82 Å². The van der Waals surface area contributed by atoms with Gasteiger partial charge in [-0.25, -0.2) is 9.18 Å². The zero-order valence-electron chi connectivity index (χ0n) is 20.8. The number of ether oxygens (including phenoxy) is 1. The average Bonchev–Trinajstić information content (AvgIpc) is 2.87. The lowest BCUT2D eigenvalue weighted by Gasteiger charge is -2.36. The molecular weight excluding hydrogens is 457 g/mol. The molecule has 1 amide bonds. The fourth-order valence-electron chi connectivity index (χ4n) is 4.03. The third kappa shape index (κ3) is 6.56. The molecule has 0 radical (unpaired) electrons. The summed E-state index contributed by atoms with van der Waals surface area (Å²) in [5.41, 5.74) is 3.83. The lowest BCUT2D eigenvalue weighted by molar-refractivity contribution is -0.168. The van der Waals surface area contributed by atoms with Gasteiger partial charge in [-0.05, 0) is 85.5 Å². The summed E-state index contributed by atoms with van der Waals surface area (Å²) in [6.45, 7) is 7.40. The van der Waals surface area contributed by atoms with Crippen molar-refractivity contribution in [3.05, 3.63) is 83.9 Å². The van der Waals surface area contributed by atoms with E-state index in [2.05, 4.69) is 9.88 Å². The molecule has 2 aromatic carbocycles. The number of rotatable bonds is 4. The summed E-state index contributed by atoms with van der Waals surface area (Å²) in [5, 5.41) is 0. The Morgan fingerprint density at radius 1 is 0.861 bits per heavy atom. The molecule has 1 saturated heterocycles. The van der Waals surface area contributed by atoms with Gasteiger partial charge < -0.3 is 14.5 Å². The molecular formula is C29H30FN3O3. The highest BCUT2D eigenvalue weighted by atomic mass is 19.1. The predicted octanol–water partition coefficient (Wildman–Crippen LogP) is 5.05. The lowest BCUT2D eigenvalue weighted by Crippen LogP contribution is -2.51. The first-order chi connectivity index (χ1) is 17.2. The van der Waals surface area contributed by atoms with Crippen molar-refractivity contribution in [2.75, 3.05) is 31.1 Å². The third-order valence-electron chi connectivity index (χ3n) is 5.80. The average molecular weight is 488 g/mol. The van der Waals surface area contributed by atoms with E-state index >= 15 is 0 Å². The second-order valence-electron chi connectivity index (χ2n) is 9.72. The first-order valence-electron chi connectivity index (χ1n) is 11.9. The second-order valence-corrected chi connectivity index (χ2v) is 9.72. The Balaban J connectivity index is 1.36. The minimum absolute atomic E-state index is 0.288. The van der Waals surface area contributed by atoms with Crippen molar-refractivity contribution in [3.63, 3.8) is 0 Å². The Kier molecular flexibility index (Phi) is 7.48. The topological polar surface area (TPSA) is 62.7 Å². The standard InChI is InChI=1S/C29H30FN3O3/c1-29(2,3)36-28(35)27(34)33-16-14-32(15-17-33)26-8-6-21(7-9-26)4-5-22-18-24(20-25(30)19-22)23-10-12-31-13-11-23/h4-13,18-20H,14-17H2,1-3H3/b5-4+. The molecule has 36 heavy (non-hydrogen) atoms. The van der Waals surface area contributed by atoms with Gasteiger partial charge in [-0.1, -0.05) is 24.3 Å². The maximum atomic E-state index is 14.2. The summed E-state index contributed by atoms with van der Waals surface area (Å²) in [6, 6.07) is 16.7. The SMILES string of the molecule is CC(C)(C)OC(=O)C(=O)N1CCN(c2ccc(/C=C/c3cc(F)cc(-c4ccncc4)c3)cc2)CC1. The van der Waals surface area contributed by atoms with Gasteiger partial charge in [-0.2, -0.15) is 0 Å². The van der Waals surface area contributed by atoms with Gasteiger partial charge in [0.1, 0.15) is 11.4 Å². The van der Waals surface area contributed by atoms with Gasteiger partial charge in [0.15, 0.2) is 0 Å². The zero-order valence-corrected chi connectivity index (χ0v) is 20.8. The largest absolute Gasteiger partial charge is 0.453 e. The summed E-state index contributed by atoms with van der Waals surface area (Å²) in [7, 11) is 0. The number of pyridine rings is 1. The number of nitrogens with zero attached hydrogens (tertiary/aromatic N) is 3. The molecule has 4 rings (SSSR count). The maximum Gasteiger partial charge on any atom is 0.397 e. The van der Waals surface area contributed by atoms with Crippen LogP contribution >= 0.6 is 0 Å². The van der Waals surface area contributed by atoms with Crippen molar-refractivity contribution in [1.82, 2.24) is 9.88 Å². The van der Waals surface area contributed by atoms with Crippen LogP contribution in [0.1, 0.15) is 31.9 Å². The molecule has 3 aromatic rings. The molecule has 1 fully saturated rings. The van der Waals surface area contributed by atoms with E-state index in [1.165, 1.54) is 12.1 Å². The Bertz CT molecular complexity index is 1240. The van der Waals surface area contributed by atoms with Crippen molar-refractivity contribution in [2.45, 2.75) is 26.4 Å². The van der Waals surface area contributed by atoms with Crippen molar-refractivity contribution < 1.29 is 18.7 Å². The maximum absolute atomic E-state index is 14.2. The summed E-state index contributed by atoms with van der Waals surface area (Å²) >= 11 is 0. The van der Waals surface area contributed by atoms with Crippen LogP contribution in [0.2, 0.25) is 0 Å². The number of piperazine rings is 1. The van der Waals surface area contributed by atoms with Gasteiger partial charge >= 0.3 is 11.9 Å². The molecule has 2 heterocycles. The van der Waals surface area contributed by atoms with Crippen molar-refractivity contribution in [1.29, 1.82) is 0 Å². The molecule has 7 heteroatoms. The Morgan fingerprint density at radius 3 is 2.14 bits per heavy atom. The minimum Gasteiger partial charge on any atom is -0.453 e. The summed E-state index contributed by atoms with van der Waals surface area (Å²) in [4.78, 5) is 32.2. The van der Waals surface area contributed by atoms with Crippen LogP contribution in [-0.4, -0.2) is 53.5 Å². The minimum atomic E-state index is -0.807. The summed E-state index contributed by atoms with van der Waals surface area (Å²) in [6.07, 6.45) is 7.22. The first-order valence-corrected chi connectivity index (χ1v) is 11.9. The van der Waals surface area contributed by atoms with Crippen LogP contribution < -0.4 is 4.90 Å². The highest BCUT2D eigenvalue weighted by Gasteiger charge is 2.30. The number of carbonyl (C=O) groups is 2. The van der Waals surface area contributed by atoms with Crippen LogP contribution in [0.4, 0.5) is 10.1 Å². The van der Waals surface area contributed by atoms with Gasteiger partial charge in [0.2, 0.25) is 0 Å². The van der Waals surface area contributed by atoms with Gasteiger partial charge in [0.25, 0.3) is 0 Å². The second kappa shape index (κ2) is 10.7. The smallest absolute Gasteiger partial charge is 0.397 e. The third-order valence-corrected chi connectivity index (χ3v) is 5.80. The molecule has 0 aliphatic carbocycles. The van der Waals surface area contributed by atoms with E-state index in [0.29, 0.717) is 26.2 Å². The van der Waals surface area contributed by atoms with E-state index in [1.807, 2.05) is 54.6 Å². The molecule has 0 unspecified atom stereocenters. The first kappa shape index (κ1) is 25.1. The number of hydrogen-bond donors (Lipinski definition) is 0. The van der Waals surface area contributed by atoms with Gasteiger partial charge in [-0.3, -0.25) is 9.78 Å². The number of hydrogen-bond acceptors (Lipinski definition) is 5. The number of benzene rings is 2. The molecule has 6 nitrogen and oxygen atoms in total. The fraction of sp³-hybridized carbons (Fsp3) is 0.276. The molecule has 0 atom stereocenters. The zero-order chi connectivity index (χ0) is 25.7. The monoisotopic (exact) mass is 487 g/mol. The highest BCUT2D eigenvalue weighted by molar-refractivity contribution is 6.32. The van der Waals surface area contributed by atoms with Crippen LogP contribution in [0.5, 0.6) is 0 Å². The Labute approximate surface area is 211 Å². The van der Waals surface area contributed by atoms with E-state index in [4.69, 9.17) is 4.74 Å². The fourth-order valence-corrected chi connectivity index (χ4v) is 4.03. The number of esters is 1. The van der Waals surface area contributed by atoms with Gasteiger partial charge in [0, 0.05) is 44.3 Å². The van der Waals surface area contributed by atoms with E-state index in [9.17, 15) is 14.0 Å². The van der Waals surface area contributed by atoms with E-state index < -0.39 is 17.5 Å². The molecule has 0 N–H and O–H groups in total. The van der Waals surface area contributed by atoms with Crippen LogP contribution in [-0.2, 0) is 14.3 Å². The number of carbonyl (C=O) groups excluding carboxylic acids is 2. The van der Waals surface area contributed by atoms with Crippen molar-refractivity contribution >= 4 is 29.7 Å². The molecule has 0 spiro atoms. The van der Waals surface area contributed by atoms with Crippen LogP contribution in [0.15, 0.2) is 67.0 Å². The van der Waals surface area contributed by atoms with Gasteiger partial charge in [0.05, 0.1) is 0 Å². The summed E-state index contributed by atoms with van der Waals surface area (Å²) < 4.78 is 19.4. The normalized spacial score (nSPS) is 14.2. The van der Waals surface area contributed by atoms with E-state index in [-0.39, 0.29) is 5.82 Å². The van der Waals surface area contributed by atoms with Crippen LogP contribution in [0.25, 0.3) is 23.3 Å². The molecule has 0 bridgehead atoms. The Hall–Kier alpha value is -4.00. The van der Waals surface area contributed by atoms with Crippen LogP contribution in [0.3, 0.4) is 0 Å². The summed E-state index contributed by atoms with van der Waals surface area (Å²) in [5.74, 6) is -1.68. The Morgan fingerprint density at radius 2 is 1.50 bits per heavy atom. The van der Waals surface area contributed by atoms with E-state index in [1.54, 1.807) is 38.1 Å². The molecule has 0 saturated carbocycles. The molecule has 1 aromatic heterocycles. The van der Waals surface area contributed by atoms with Gasteiger partial charge in [-0.15, -0.1) is 0 Å². The van der Waals surface area contributed by atoms with E-state index in [0.717, 1.165) is 27.9 Å². The quantitative estimate of drug-likeness (QED) is 0.293. The number of anilines is 1. The van der Waals surface area contributed by atoms with Crippen molar-refractivity contribution in [3.8, 4) is 11.1 Å². The number of aromatic nitrogens is 1. The molecule has 186 valence electrons. The number of halogens is 1.